The molecule has 33 heavy (non-hydrogen) atoms. The second-order valence-electron chi connectivity index (χ2n) is 9.25. The van der Waals surface area contributed by atoms with Gasteiger partial charge in [-0.3, -0.25) is 0 Å². The van der Waals surface area contributed by atoms with Gasteiger partial charge in [0.2, 0.25) is 0 Å². The van der Waals surface area contributed by atoms with Crippen molar-refractivity contribution in [3.63, 3.8) is 0 Å². The van der Waals surface area contributed by atoms with Crippen LogP contribution in [0.15, 0.2) is 65.2 Å². The summed E-state index contributed by atoms with van der Waals surface area (Å²) >= 11 is 0. The summed E-state index contributed by atoms with van der Waals surface area (Å²) in [5.41, 5.74) is 6.52. The molecule has 6 heteroatoms. The summed E-state index contributed by atoms with van der Waals surface area (Å²) in [6.45, 7) is 3.63. The highest BCUT2D eigenvalue weighted by Gasteiger charge is 2.60. The van der Waals surface area contributed by atoms with Gasteiger partial charge in [0.15, 0.2) is 9.84 Å². The molecule has 1 spiro atoms. The molecule has 2 atom stereocenters. The highest BCUT2D eigenvalue weighted by atomic mass is 32.2. The SMILES string of the molecule is CCc1ccccc1S(=O)(=O)CC.Fc1ccc(-n2ncc3c2C=C2CCC4CC24C3)cc1. The van der Waals surface area contributed by atoms with Crippen LogP contribution in [0.4, 0.5) is 4.39 Å². The van der Waals surface area contributed by atoms with Crippen molar-refractivity contribution in [2.75, 3.05) is 5.75 Å². The number of aromatic nitrogens is 2. The summed E-state index contributed by atoms with van der Waals surface area (Å²) < 4.78 is 38.2. The quantitative estimate of drug-likeness (QED) is 0.491. The summed E-state index contributed by atoms with van der Waals surface area (Å²) in [7, 11) is -3.04. The van der Waals surface area contributed by atoms with Crippen LogP contribution in [0.25, 0.3) is 11.8 Å². The van der Waals surface area contributed by atoms with E-state index in [1.165, 1.54) is 42.7 Å². The molecule has 3 aliphatic rings. The molecule has 0 saturated heterocycles. The van der Waals surface area contributed by atoms with E-state index in [-0.39, 0.29) is 11.6 Å². The Hall–Kier alpha value is -2.73. The van der Waals surface area contributed by atoms with Crippen LogP contribution in [0.5, 0.6) is 0 Å². The van der Waals surface area contributed by atoms with Crippen LogP contribution in [-0.2, 0) is 22.7 Å². The molecule has 6 rings (SSSR count). The molecule has 1 heterocycles. The third kappa shape index (κ3) is 3.84. The van der Waals surface area contributed by atoms with Crippen molar-refractivity contribution in [3.05, 3.63) is 82.9 Å². The number of hydrogen-bond donors (Lipinski definition) is 0. The number of aryl methyl sites for hydroxylation is 1. The number of nitrogens with zero attached hydrogens (tertiary/aromatic N) is 2. The fraction of sp³-hybridized carbons (Fsp3) is 0.370. The summed E-state index contributed by atoms with van der Waals surface area (Å²) in [5.74, 6) is 0.893. The Kier molecular flexibility index (Phi) is 5.52. The smallest absolute Gasteiger partial charge is 0.178 e. The van der Waals surface area contributed by atoms with Gasteiger partial charge in [-0.25, -0.2) is 17.5 Å². The molecule has 3 aromatic rings. The van der Waals surface area contributed by atoms with Crippen molar-refractivity contribution >= 4 is 15.9 Å². The van der Waals surface area contributed by atoms with Gasteiger partial charge in [-0.15, -0.1) is 0 Å². The van der Waals surface area contributed by atoms with Crippen LogP contribution in [0.1, 0.15) is 49.9 Å². The summed E-state index contributed by atoms with van der Waals surface area (Å²) in [4.78, 5) is 0.486. The van der Waals surface area contributed by atoms with E-state index in [1.807, 2.05) is 29.9 Å². The second-order valence-corrected chi connectivity index (χ2v) is 11.5. The van der Waals surface area contributed by atoms with Gasteiger partial charge in [0, 0.05) is 0 Å². The zero-order chi connectivity index (χ0) is 23.2. The number of rotatable bonds is 4. The van der Waals surface area contributed by atoms with Gasteiger partial charge in [-0.05, 0) is 91.0 Å². The summed E-state index contributed by atoms with van der Waals surface area (Å²) in [5, 5.41) is 4.52. The van der Waals surface area contributed by atoms with E-state index in [4.69, 9.17) is 0 Å². The Morgan fingerprint density at radius 2 is 1.88 bits per heavy atom. The maximum Gasteiger partial charge on any atom is 0.178 e. The Labute approximate surface area is 195 Å². The minimum Gasteiger partial charge on any atom is -0.233 e. The van der Waals surface area contributed by atoms with Crippen LogP contribution in [0.3, 0.4) is 0 Å². The lowest BCUT2D eigenvalue weighted by Gasteiger charge is -2.21. The first-order valence-electron chi connectivity index (χ1n) is 11.7. The third-order valence-corrected chi connectivity index (χ3v) is 9.31. The van der Waals surface area contributed by atoms with Gasteiger partial charge in [0.25, 0.3) is 0 Å². The number of allylic oxidation sites excluding steroid dienone is 1. The monoisotopic (exact) mass is 464 g/mol. The van der Waals surface area contributed by atoms with Crippen LogP contribution < -0.4 is 0 Å². The van der Waals surface area contributed by atoms with E-state index in [9.17, 15) is 12.8 Å². The van der Waals surface area contributed by atoms with Crippen molar-refractivity contribution in [1.29, 1.82) is 0 Å². The van der Waals surface area contributed by atoms with E-state index < -0.39 is 9.84 Å². The molecule has 0 N–H and O–H groups in total. The minimum absolute atomic E-state index is 0.171. The maximum absolute atomic E-state index is 13.1. The van der Waals surface area contributed by atoms with Crippen LogP contribution in [0.2, 0.25) is 0 Å². The van der Waals surface area contributed by atoms with Crippen LogP contribution >= 0.6 is 0 Å². The Bertz CT molecular complexity index is 1320. The van der Waals surface area contributed by atoms with E-state index in [1.54, 1.807) is 36.8 Å². The van der Waals surface area contributed by atoms with Crippen LogP contribution in [-0.4, -0.2) is 24.0 Å². The first kappa shape index (κ1) is 22.1. The molecular formula is C27H29FN2O2S. The number of halogens is 1. The predicted molar refractivity (Wildman–Crippen MR) is 129 cm³/mol. The average molecular weight is 465 g/mol. The van der Waals surface area contributed by atoms with E-state index in [2.05, 4.69) is 11.2 Å². The highest BCUT2D eigenvalue weighted by Crippen LogP contribution is 2.69. The van der Waals surface area contributed by atoms with Gasteiger partial charge in [-0.2, -0.15) is 5.10 Å². The number of fused-ring (bicyclic) bond motifs is 1. The normalized spacial score (nSPS) is 22.4. The van der Waals surface area contributed by atoms with Crippen molar-refractivity contribution in [1.82, 2.24) is 9.78 Å². The molecule has 0 bridgehead atoms. The molecule has 2 unspecified atom stereocenters. The van der Waals surface area contributed by atoms with Gasteiger partial charge >= 0.3 is 0 Å². The fourth-order valence-corrected chi connectivity index (χ4v) is 6.72. The van der Waals surface area contributed by atoms with E-state index in [0.717, 1.165) is 30.0 Å². The average Bonchev–Trinajstić information content (AvgIpc) is 3.18. The molecule has 0 amide bonds. The standard InChI is InChI=1S/C17H15FN2.C10H14O2S/c18-14-3-5-15(6-4-14)20-16-7-12-1-2-13-9-17(12,13)8-11(16)10-19-20;1-3-9-7-5-6-8-10(9)13(11,12)4-2/h3-7,10,13H,1-2,8-9H2;5-8H,3-4H2,1-2H3. The lowest BCUT2D eigenvalue weighted by Crippen LogP contribution is -2.13. The molecule has 0 aliphatic heterocycles. The molecule has 4 nitrogen and oxygen atoms in total. The Morgan fingerprint density at radius 3 is 2.58 bits per heavy atom. The second kappa shape index (κ2) is 8.24. The van der Waals surface area contributed by atoms with Crippen molar-refractivity contribution in [3.8, 4) is 5.69 Å². The molecule has 2 aromatic carbocycles. The molecule has 0 radical (unpaired) electrons. The van der Waals surface area contributed by atoms with Crippen LogP contribution in [0, 0.1) is 17.2 Å². The molecule has 2 saturated carbocycles. The lowest BCUT2D eigenvalue weighted by molar-refractivity contribution is 0.580. The number of sulfone groups is 1. The largest absolute Gasteiger partial charge is 0.233 e. The van der Waals surface area contributed by atoms with Gasteiger partial charge in [-0.1, -0.05) is 37.6 Å². The summed E-state index contributed by atoms with van der Waals surface area (Å²) in [6, 6.07) is 13.7. The van der Waals surface area contributed by atoms with Crippen molar-refractivity contribution in [2.24, 2.45) is 11.3 Å². The number of hydrogen-bond acceptors (Lipinski definition) is 3. The number of benzene rings is 2. The van der Waals surface area contributed by atoms with Crippen molar-refractivity contribution < 1.29 is 12.8 Å². The van der Waals surface area contributed by atoms with E-state index in [0.29, 0.717) is 10.3 Å². The third-order valence-electron chi connectivity index (χ3n) is 7.48. The van der Waals surface area contributed by atoms with E-state index >= 15 is 0 Å². The zero-order valence-electron chi connectivity index (χ0n) is 19.1. The highest BCUT2D eigenvalue weighted by molar-refractivity contribution is 7.91. The summed E-state index contributed by atoms with van der Waals surface area (Å²) in [6.07, 6.45) is 10.2. The molecule has 1 aromatic heterocycles. The van der Waals surface area contributed by atoms with Gasteiger partial charge < -0.3 is 0 Å². The lowest BCUT2D eigenvalue weighted by atomic mass is 9.84. The minimum atomic E-state index is -3.04. The topological polar surface area (TPSA) is 52.0 Å². The van der Waals surface area contributed by atoms with Gasteiger partial charge in [0.05, 0.1) is 28.2 Å². The molecule has 2 fully saturated rings. The Balaban J connectivity index is 0.000000154. The van der Waals surface area contributed by atoms with Crippen molar-refractivity contribution in [2.45, 2.75) is 50.8 Å². The molecule has 172 valence electrons. The first-order valence-corrected chi connectivity index (χ1v) is 13.4. The first-order chi connectivity index (χ1) is 15.9. The fourth-order valence-electron chi connectivity index (χ4n) is 5.51. The molecule has 3 aliphatic carbocycles. The Morgan fingerprint density at radius 1 is 1.12 bits per heavy atom. The van der Waals surface area contributed by atoms with Gasteiger partial charge in [0.1, 0.15) is 5.82 Å². The molecular weight excluding hydrogens is 435 g/mol. The predicted octanol–water partition coefficient (Wildman–Crippen LogP) is 5.79. The maximum atomic E-state index is 13.1. The zero-order valence-corrected chi connectivity index (χ0v) is 19.9.